The number of carbonyl (C=O) groups is 2. The smallest absolute Gasteiger partial charge is 0.253 e. The molecule has 7 nitrogen and oxygen atoms in total. The Labute approximate surface area is 181 Å². The largest absolute Gasteiger partial charge is 0.348 e. The van der Waals surface area contributed by atoms with Gasteiger partial charge < -0.3 is 10.6 Å². The zero-order chi connectivity index (χ0) is 21.6. The molecule has 0 fully saturated rings. The lowest BCUT2D eigenvalue weighted by atomic mass is 10.2. The second kappa shape index (κ2) is 9.40. The van der Waals surface area contributed by atoms with E-state index in [-0.39, 0.29) is 23.4 Å². The van der Waals surface area contributed by atoms with Gasteiger partial charge in [0.25, 0.3) is 5.91 Å². The van der Waals surface area contributed by atoms with E-state index in [1.165, 1.54) is 36.0 Å². The number of anilines is 1. The molecular formula is C22H18FN5O2S. The zero-order valence-corrected chi connectivity index (χ0v) is 17.1. The maximum atomic E-state index is 13.0. The van der Waals surface area contributed by atoms with Gasteiger partial charge in [-0.3, -0.25) is 14.0 Å². The molecule has 31 heavy (non-hydrogen) atoms. The zero-order valence-electron chi connectivity index (χ0n) is 16.3. The molecule has 2 aromatic carbocycles. The lowest BCUT2D eigenvalue weighted by Gasteiger charge is -2.07. The van der Waals surface area contributed by atoms with E-state index in [4.69, 9.17) is 0 Å². The van der Waals surface area contributed by atoms with Crippen LogP contribution < -0.4 is 10.6 Å². The quantitative estimate of drug-likeness (QED) is 0.434. The standard InChI is InChI=1S/C22H18FN5O2S/c23-17-7-9-18(10-8-17)25-20(29)14-31-22-27-26-19-11-6-16(13-28(19)22)21(30)24-12-15-4-2-1-3-5-15/h1-11,13H,12,14H2,(H,24,30)(H,25,29). The Bertz CT molecular complexity index is 1210. The minimum atomic E-state index is -0.370. The van der Waals surface area contributed by atoms with E-state index in [0.29, 0.717) is 28.6 Å². The highest BCUT2D eigenvalue weighted by Gasteiger charge is 2.13. The van der Waals surface area contributed by atoms with Crippen LogP contribution in [0.4, 0.5) is 10.1 Å². The topological polar surface area (TPSA) is 88.4 Å². The molecule has 2 N–H and O–H groups in total. The summed E-state index contributed by atoms with van der Waals surface area (Å²) in [7, 11) is 0. The third kappa shape index (κ3) is 5.26. The summed E-state index contributed by atoms with van der Waals surface area (Å²) in [5.74, 6) is -0.761. The number of aromatic nitrogens is 3. The number of halogens is 1. The van der Waals surface area contributed by atoms with Crippen molar-refractivity contribution in [3.05, 3.63) is 89.9 Å². The van der Waals surface area contributed by atoms with Gasteiger partial charge in [-0.2, -0.15) is 0 Å². The van der Waals surface area contributed by atoms with E-state index < -0.39 is 0 Å². The molecule has 0 bridgehead atoms. The number of benzene rings is 2. The normalized spacial score (nSPS) is 10.7. The maximum Gasteiger partial charge on any atom is 0.253 e. The first-order chi connectivity index (χ1) is 15.1. The first-order valence-electron chi connectivity index (χ1n) is 9.43. The van der Waals surface area contributed by atoms with Crippen molar-refractivity contribution in [3.8, 4) is 0 Å². The van der Waals surface area contributed by atoms with Crippen LogP contribution in [0.3, 0.4) is 0 Å². The van der Waals surface area contributed by atoms with Crippen molar-refractivity contribution in [3.63, 3.8) is 0 Å². The molecule has 0 aliphatic carbocycles. The fraction of sp³-hybridized carbons (Fsp3) is 0.0909. The monoisotopic (exact) mass is 435 g/mol. The third-order valence-corrected chi connectivity index (χ3v) is 5.33. The van der Waals surface area contributed by atoms with Gasteiger partial charge in [-0.25, -0.2) is 4.39 Å². The highest BCUT2D eigenvalue weighted by Crippen LogP contribution is 2.18. The van der Waals surface area contributed by atoms with Crippen LogP contribution >= 0.6 is 11.8 Å². The predicted octanol–water partition coefficient (Wildman–Crippen LogP) is 3.53. The summed E-state index contributed by atoms with van der Waals surface area (Å²) in [5, 5.41) is 14.2. The van der Waals surface area contributed by atoms with Gasteiger partial charge in [0.15, 0.2) is 10.8 Å². The Kier molecular flexibility index (Phi) is 6.23. The second-order valence-electron chi connectivity index (χ2n) is 6.64. The Balaban J connectivity index is 1.40. The lowest BCUT2D eigenvalue weighted by molar-refractivity contribution is -0.113. The number of hydrogen-bond donors (Lipinski definition) is 2. The molecule has 0 radical (unpaired) electrons. The Morgan fingerprint density at radius 1 is 0.968 bits per heavy atom. The van der Waals surface area contributed by atoms with Crippen molar-refractivity contribution in [2.24, 2.45) is 0 Å². The molecule has 9 heteroatoms. The SMILES string of the molecule is O=C(CSc1nnc2ccc(C(=O)NCc3ccccc3)cn12)Nc1ccc(F)cc1. The van der Waals surface area contributed by atoms with Gasteiger partial charge in [-0.05, 0) is 42.0 Å². The first kappa shape index (κ1) is 20.5. The highest BCUT2D eigenvalue weighted by molar-refractivity contribution is 7.99. The molecule has 0 saturated carbocycles. The number of amides is 2. The molecule has 4 rings (SSSR count). The lowest BCUT2D eigenvalue weighted by Crippen LogP contribution is -2.23. The minimum absolute atomic E-state index is 0.0859. The summed E-state index contributed by atoms with van der Waals surface area (Å²) < 4.78 is 14.6. The molecule has 0 aliphatic heterocycles. The number of rotatable bonds is 7. The van der Waals surface area contributed by atoms with E-state index >= 15 is 0 Å². The molecule has 0 atom stereocenters. The number of thioether (sulfide) groups is 1. The van der Waals surface area contributed by atoms with Gasteiger partial charge in [0.2, 0.25) is 5.91 Å². The summed E-state index contributed by atoms with van der Waals surface area (Å²) in [6.07, 6.45) is 1.65. The average molecular weight is 435 g/mol. The molecule has 0 spiro atoms. The fourth-order valence-electron chi connectivity index (χ4n) is 2.84. The van der Waals surface area contributed by atoms with Crippen molar-refractivity contribution >= 4 is 34.9 Å². The van der Waals surface area contributed by atoms with Gasteiger partial charge in [0, 0.05) is 18.4 Å². The van der Waals surface area contributed by atoms with Gasteiger partial charge in [-0.1, -0.05) is 42.1 Å². The average Bonchev–Trinajstić information content (AvgIpc) is 3.20. The number of pyridine rings is 1. The van der Waals surface area contributed by atoms with Crippen molar-refractivity contribution in [2.45, 2.75) is 11.7 Å². The molecular weight excluding hydrogens is 417 g/mol. The molecule has 0 saturated heterocycles. The van der Waals surface area contributed by atoms with Crippen LogP contribution in [-0.2, 0) is 11.3 Å². The minimum Gasteiger partial charge on any atom is -0.348 e. The van der Waals surface area contributed by atoms with E-state index in [9.17, 15) is 14.0 Å². The predicted molar refractivity (Wildman–Crippen MR) is 116 cm³/mol. The molecule has 2 aromatic heterocycles. The summed E-state index contributed by atoms with van der Waals surface area (Å²) in [4.78, 5) is 24.7. The number of carbonyl (C=O) groups excluding carboxylic acids is 2. The molecule has 0 unspecified atom stereocenters. The van der Waals surface area contributed by atoms with Crippen LogP contribution in [0.15, 0.2) is 78.1 Å². The summed E-state index contributed by atoms with van der Waals surface area (Å²) in [6.45, 7) is 0.422. The summed E-state index contributed by atoms with van der Waals surface area (Å²) >= 11 is 1.19. The highest BCUT2D eigenvalue weighted by atomic mass is 32.2. The number of fused-ring (bicyclic) bond motifs is 1. The van der Waals surface area contributed by atoms with E-state index in [1.807, 2.05) is 30.3 Å². The van der Waals surface area contributed by atoms with Crippen molar-refractivity contribution in [1.29, 1.82) is 0 Å². The van der Waals surface area contributed by atoms with Crippen LogP contribution in [0.2, 0.25) is 0 Å². The second-order valence-corrected chi connectivity index (χ2v) is 7.58. The van der Waals surface area contributed by atoms with Crippen molar-refractivity contribution in [1.82, 2.24) is 19.9 Å². The van der Waals surface area contributed by atoms with Gasteiger partial charge in [0.1, 0.15) is 5.82 Å². The van der Waals surface area contributed by atoms with Crippen LogP contribution in [-0.4, -0.2) is 32.2 Å². The van der Waals surface area contributed by atoms with E-state index in [0.717, 1.165) is 5.56 Å². The van der Waals surface area contributed by atoms with Crippen LogP contribution in [0.25, 0.3) is 5.65 Å². The van der Waals surface area contributed by atoms with E-state index in [1.54, 1.807) is 22.7 Å². The Morgan fingerprint density at radius 2 is 1.74 bits per heavy atom. The van der Waals surface area contributed by atoms with Gasteiger partial charge in [0.05, 0.1) is 11.3 Å². The van der Waals surface area contributed by atoms with Gasteiger partial charge in [-0.15, -0.1) is 10.2 Å². The summed E-state index contributed by atoms with van der Waals surface area (Å²) in [6, 6.07) is 18.6. The Hall–Kier alpha value is -3.72. The third-order valence-electron chi connectivity index (χ3n) is 4.39. The summed E-state index contributed by atoms with van der Waals surface area (Å²) in [5.41, 5.74) is 2.54. The van der Waals surface area contributed by atoms with Crippen LogP contribution in [0, 0.1) is 5.82 Å². The number of hydrogen-bond acceptors (Lipinski definition) is 5. The Morgan fingerprint density at radius 3 is 2.52 bits per heavy atom. The molecule has 2 amide bonds. The van der Waals surface area contributed by atoms with Crippen LogP contribution in [0.5, 0.6) is 0 Å². The first-order valence-corrected chi connectivity index (χ1v) is 10.4. The van der Waals surface area contributed by atoms with Crippen molar-refractivity contribution < 1.29 is 14.0 Å². The number of nitrogens with one attached hydrogen (secondary N) is 2. The van der Waals surface area contributed by atoms with Gasteiger partial charge >= 0.3 is 0 Å². The molecule has 2 heterocycles. The van der Waals surface area contributed by atoms with E-state index in [2.05, 4.69) is 20.8 Å². The fourth-order valence-corrected chi connectivity index (χ4v) is 3.56. The number of nitrogens with zero attached hydrogens (tertiary/aromatic N) is 3. The van der Waals surface area contributed by atoms with Crippen molar-refractivity contribution in [2.75, 3.05) is 11.1 Å². The molecule has 4 aromatic rings. The molecule has 156 valence electrons. The maximum absolute atomic E-state index is 13.0. The van der Waals surface area contributed by atoms with Crippen LogP contribution in [0.1, 0.15) is 15.9 Å². The molecule has 0 aliphatic rings.